The number of hydrogen-bond donors (Lipinski definition) is 1. The van der Waals surface area contributed by atoms with Gasteiger partial charge in [0, 0.05) is 25.2 Å². The van der Waals surface area contributed by atoms with Crippen molar-refractivity contribution < 1.29 is 14.1 Å². The Morgan fingerprint density at radius 3 is 2.87 bits per heavy atom. The van der Waals surface area contributed by atoms with Crippen LogP contribution in [0.1, 0.15) is 33.4 Å². The molecule has 1 fully saturated rings. The van der Waals surface area contributed by atoms with Crippen LogP contribution in [0.5, 0.6) is 5.75 Å². The van der Waals surface area contributed by atoms with Gasteiger partial charge in [-0.05, 0) is 19.9 Å². The zero-order valence-corrected chi connectivity index (χ0v) is 13.6. The zero-order chi connectivity index (χ0) is 16.4. The Morgan fingerprint density at radius 2 is 2.17 bits per heavy atom. The maximum atomic E-state index is 13.0. The third kappa shape index (κ3) is 2.82. The first-order chi connectivity index (χ1) is 11.1. The highest BCUT2D eigenvalue weighted by molar-refractivity contribution is 5.96. The molecule has 23 heavy (non-hydrogen) atoms. The molecule has 1 atom stereocenters. The van der Waals surface area contributed by atoms with Crippen LogP contribution in [0.4, 0.5) is 0 Å². The Bertz CT molecular complexity index is 691. The van der Waals surface area contributed by atoms with Crippen molar-refractivity contribution in [3.63, 3.8) is 0 Å². The van der Waals surface area contributed by atoms with Crippen LogP contribution in [0.15, 0.2) is 28.8 Å². The Morgan fingerprint density at radius 1 is 1.39 bits per heavy atom. The van der Waals surface area contributed by atoms with Gasteiger partial charge in [0.15, 0.2) is 0 Å². The molecule has 0 unspecified atom stereocenters. The zero-order valence-electron chi connectivity index (χ0n) is 13.6. The van der Waals surface area contributed by atoms with E-state index >= 15 is 0 Å². The number of para-hydroxylation sites is 1. The van der Waals surface area contributed by atoms with E-state index in [2.05, 4.69) is 10.5 Å². The summed E-state index contributed by atoms with van der Waals surface area (Å²) in [6.07, 6.45) is 0. The number of amides is 1. The molecule has 0 spiro atoms. The number of aromatic nitrogens is 1. The summed E-state index contributed by atoms with van der Waals surface area (Å²) in [5.74, 6) is 1.31. The van der Waals surface area contributed by atoms with Gasteiger partial charge in [0.25, 0.3) is 5.91 Å². The number of methoxy groups -OCH3 is 1. The van der Waals surface area contributed by atoms with Gasteiger partial charge in [-0.15, -0.1) is 0 Å². The van der Waals surface area contributed by atoms with E-state index in [0.717, 1.165) is 17.9 Å². The Labute approximate surface area is 135 Å². The van der Waals surface area contributed by atoms with Gasteiger partial charge >= 0.3 is 0 Å². The van der Waals surface area contributed by atoms with Gasteiger partial charge in [0.1, 0.15) is 17.1 Å². The standard InChI is InChI=1S/C17H21N3O3/c1-11-16(12(2)23-19-11)17(21)20-9-8-18-10-14(20)13-6-4-5-7-15(13)22-3/h4-7,14,18H,8-10H2,1-3H3/t14-/m1/s1. The lowest BCUT2D eigenvalue weighted by Gasteiger charge is -2.37. The minimum Gasteiger partial charge on any atom is -0.496 e. The van der Waals surface area contributed by atoms with Crippen molar-refractivity contribution in [3.05, 3.63) is 46.8 Å². The fourth-order valence-corrected chi connectivity index (χ4v) is 3.10. The summed E-state index contributed by atoms with van der Waals surface area (Å²) in [5, 5.41) is 7.26. The van der Waals surface area contributed by atoms with E-state index < -0.39 is 0 Å². The molecule has 122 valence electrons. The molecule has 1 aliphatic rings. The van der Waals surface area contributed by atoms with Gasteiger partial charge in [0.2, 0.25) is 0 Å². The molecule has 0 aliphatic carbocycles. The number of rotatable bonds is 3. The average Bonchev–Trinajstić information content (AvgIpc) is 2.93. The van der Waals surface area contributed by atoms with Gasteiger partial charge in [-0.3, -0.25) is 4.79 Å². The van der Waals surface area contributed by atoms with Crippen molar-refractivity contribution in [2.24, 2.45) is 0 Å². The largest absolute Gasteiger partial charge is 0.496 e. The number of nitrogens with one attached hydrogen (secondary N) is 1. The van der Waals surface area contributed by atoms with Crippen LogP contribution in [0.25, 0.3) is 0 Å². The first kappa shape index (κ1) is 15.6. The van der Waals surface area contributed by atoms with Gasteiger partial charge in [-0.1, -0.05) is 23.4 Å². The number of benzene rings is 1. The minimum absolute atomic E-state index is 0.0429. The fraction of sp³-hybridized carbons (Fsp3) is 0.412. The summed E-state index contributed by atoms with van der Waals surface area (Å²) in [4.78, 5) is 14.9. The lowest BCUT2D eigenvalue weighted by atomic mass is 10.0. The maximum absolute atomic E-state index is 13.0. The molecule has 0 saturated carbocycles. The average molecular weight is 315 g/mol. The van der Waals surface area contributed by atoms with Crippen LogP contribution in [0.3, 0.4) is 0 Å². The van der Waals surface area contributed by atoms with E-state index in [4.69, 9.17) is 9.26 Å². The quantitative estimate of drug-likeness (QED) is 0.939. The van der Waals surface area contributed by atoms with Crippen LogP contribution in [-0.4, -0.2) is 42.7 Å². The van der Waals surface area contributed by atoms with Crippen LogP contribution >= 0.6 is 0 Å². The molecule has 0 radical (unpaired) electrons. The fourth-order valence-electron chi connectivity index (χ4n) is 3.10. The highest BCUT2D eigenvalue weighted by Crippen LogP contribution is 2.31. The molecule has 2 aromatic rings. The highest BCUT2D eigenvalue weighted by atomic mass is 16.5. The number of carbonyl (C=O) groups excluding carboxylic acids is 1. The Kier molecular flexibility index (Phi) is 4.34. The van der Waals surface area contributed by atoms with Crippen molar-refractivity contribution in [1.82, 2.24) is 15.4 Å². The van der Waals surface area contributed by atoms with Crippen LogP contribution < -0.4 is 10.1 Å². The second kappa shape index (κ2) is 6.42. The van der Waals surface area contributed by atoms with Crippen LogP contribution in [0, 0.1) is 13.8 Å². The Balaban J connectivity index is 1.98. The smallest absolute Gasteiger partial charge is 0.259 e. The summed E-state index contributed by atoms with van der Waals surface area (Å²) >= 11 is 0. The van der Waals surface area contributed by atoms with Gasteiger partial charge in [0.05, 0.1) is 18.8 Å². The van der Waals surface area contributed by atoms with E-state index in [9.17, 15) is 4.79 Å². The molecule has 6 nitrogen and oxygen atoms in total. The monoisotopic (exact) mass is 315 g/mol. The van der Waals surface area contributed by atoms with E-state index in [1.165, 1.54) is 0 Å². The molecule has 1 amide bonds. The first-order valence-corrected chi connectivity index (χ1v) is 7.71. The molecule has 1 N–H and O–H groups in total. The van der Waals surface area contributed by atoms with Gasteiger partial charge in [-0.25, -0.2) is 0 Å². The summed E-state index contributed by atoms with van der Waals surface area (Å²) in [7, 11) is 1.65. The van der Waals surface area contributed by atoms with Crippen molar-refractivity contribution >= 4 is 5.91 Å². The summed E-state index contributed by atoms with van der Waals surface area (Å²) < 4.78 is 10.6. The van der Waals surface area contributed by atoms with Crippen molar-refractivity contribution in [1.29, 1.82) is 0 Å². The summed E-state index contributed by atoms with van der Waals surface area (Å²) in [5.41, 5.74) is 2.19. The molecule has 1 aromatic carbocycles. The predicted molar refractivity (Wildman–Crippen MR) is 85.6 cm³/mol. The lowest BCUT2D eigenvalue weighted by Crippen LogP contribution is -2.49. The van der Waals surface area contributed by atoms with Gasteiger partial charge in [-0.2, -0.15) is 0 Å². The van der Waals surface area contributed by atoms with E-state index in [1.807, 2.05) is 29.2 Å². The topological polar surface area (TPSA) is 67.6 Å². The molecule has 1 aromatic heterocycles. The molecule has 1 saturated heterocycles. The summed E-state index contributed by atoms with van der Waals surface area (Å²) in [6, 6.07) is 7.73. The van der Waals surface area contributed by atoms with Crippen LogP contribution in [0.2, 0.25) is 0 Å². The first-order valence-electron chi connectivity index (χ1n) is 7.71. The number of ether oxygens (including phenoxy) is 1. The van der Waals surface area contributed by atoms with E-state index in [0.29, 0.717) is 30.1 Å². The number of piperazine rings is 1. The SMILES string of the molecule is COc1ccccc1[C@H]1CNCCN1C(=O)c1c(C)noc1C. The molecular weight excluding hydrogens is 294 g/mol. The number of hydrogen-bond acceptors (Lipinski definition) is 5. The van der Waals surface area contributed by atoms with Gasteiger partial charge < -0.3 is 19.5 Å². The lowest BCUT2D eigenvalue weighted by molar-refractivity contribution is 0.0629. The van der Waals surface area contributed by atoms with E-state index in [-0.39, 0.29) is 11.9 Å². The highest BCUT2D eigenvalue weighted by Gasteiger charge is 2.33. The molecule has 6 heteroatoms. The second-order valence-corrected chi connectivity index (χ2v) is 5.66. The molecule has 1 aliphatic heterocycles. The predicted octanol–water partition coefficient (Wildman–Crippen LogP) is 2.09. The third-order valence-corrected chi connectivity index (χ3v) is 4.25. The normalized spacial score (nSPS) is 18.0. The van der Waals surface area contributed by atoms with E-state index in [1.54, 1.807) is 21.0 Å². The van der Waals surface area contributed by atoms with Crippen molar-refractivity contribution in [2.75, 3.05) is 26.7 Å². The third-order valence-electron chi connectivity index (χ3n) is 4.25. The molecule has 0 bridgehead atoms. The molecule has 3 rings (SSSR count). The number of carbonyl (C=O) groups is 1. The molecule has 2 heterocycles. The summed E-state index contributed by atoms with van der Waals surface area (Å²) in [6.45, 7) is 5.65. The van der Waals surface area contributed by atoms with Crippen molar-refractivity contribution in [2.45, 2.75) is 19.9 Å². The number of nitrogens with zero attached hydrogens (tertiary/aromatic N) is 2. The van der Waals surface area contributed by atoms with Crippen molar-refractivity contribution in [3.8, 4) is 5.75 Å². The minimum atomic E-state index is -0.0823. The van der Waals surface area contributed by atoms with Crippen LogP contribution in [-0.2, 0) is 0 Å². The molecular formula is C17H21N3O3. The Hall–Kier alpha value is -2.34. The second-order valence-electron chi connectivity index (χ2n) is 5.66. The number of aryl methyl sites for hydroxylation is 2. The maximum Gasteiger partial charge on any atom is 0.259 e.